The minimum atomic E-state index is -3.36. The second kappa shape index (κ2) is 5.64. The number of hydrogen-bond donors (Lipinski definition) is 1. The molecule has 1 saturated heterocycles. The van der Waals surface area contributed by atoms with Gasteiger partial charge in [0.25, 0.3) is 0 Å². The number of allylic oxidation sites excluding steroid dienone is 1. The van der Waals surface area contributed by atoms with Crippen LogP contribution in [0.2, 0.25) is 0 Å². The molecular formula is C11H19NO4S. The molecule has 1 fully saturated rings. The lowest BCUT2D eigenvalue weighted by atomic mass is 9.92. The van der Waals surface area contributed by atoms with Crippen molar-refractivity contribution in [1.82, 2.24) is 4.31 Å². The topological polar surface area (TPSA) is 74.7 Å². The largest absolute Gasteiger partial charge is 0.481 e. The number of rotatable bonds is 5. The predicted molar refractivity (Wildman–Crippen MR) is 65.1 cm³/mol. The van der Waals surface area contributed by atoms with Crippen molar-refractivity contribution in [2.45, 2.75) is 32.2 Å². The van der Waals surface area contributed by atoms with Crippen molar-refractivity contribution in [3.63, 3.8) is 0 Å². The van der Waals surface area contributed by atoms with Crippen molar-refractivity contribution in [2.75, 3.05) is 12.3 Å². The quantitative estimate of drug-likeness (QED) is 0.751. The number of aliphatic carboxylic acids is 1. The standard InChI is InChI=1S/C11H19NO4S/c1-3-4-8-17(15,16)12-7-5-6-10(9(12)2)11(13)14/h3,9-10H,1,4-8H2,2H3,(H,13,14)/t9-,10-/m1/s1. The van der Waals surface area contributed by atoms with Crippen molar-refractivity contribution in [3.05, 3.63) is 12.7 Å². The first-order valence-corrected chi connectivity index (χ1v) is 7.34. The fourth-order valence-corrected chi connectivity index (χ4v) is 3.94. The van der Waals surface area contributed by atoms with Gasteiger partial charge in [-0.25, -0.2) is 8.42 Å². The van der Waals surface area contributed by atoms with Gasteiger partial charge in [-0.15, -0.1) is 6.58 Å². The van der Waals surface area contributed by atoms with Gasteiger partial charge in [0.05, 0.1) is 11.7 Å². The lowest BCUT2D eigenvalue weighted by Gasteiger charge is -2.36. The molecule has 0 radical (unpaired) electrons. The molecule has 0 amide bonds. The third kappa shape index (κ3) is 3.29. The first-order chi connectivity index (χ1) is 7.90. The Hall–Kier alpha value is -0.880. The van der Waals surface area contributed by atoms with Crippen molar-refractivity contribution in [3.8, 4) is 0 Å². The van der Waals surface area contributed by atoms with Crippen LogP contribution in [0.15, 0.2) is 12.7 Å². The second-order valence-corrected chi connectivity index (χ2v) is 6.37. The van der Waals surface area contributed by atoms with E-state index in [0.29, 0.717) is 25.8 Å². The van der Waals surface area contributed by atoms with Crippen LogP contribution >= 0.6 is 0 Å². The molecule has 2 atom stereocenters. The lowest BCUT2D eigenvalue weighted by molar-refractivity contribution is -0.144. The molecule has 0 aromatic rings. The molecule has 0 saturated carbocycles. The highest BCUT2D eigenvalue weighted by Crippen LogP contribution is 2.26. The zero-order chi connectivity index (χ0) is 13.1. The average Bonchev–Trinajstić information content (AvgIpc) is 2.26. The fraction of sp³-hybridized carbons (Fsp3) is 0.727. The zero-order valence-electron chi connectivity index (χ0n) is 10.0. The minimum Gasteiger partial charge on any atom is -0.481 e. The van der Waals surface area contributed by atoms with Crippen LogP contribution in [-0.4, -0.2) is 42.1 Å². The van der Waals surface area contributed by atoms with Gasteiger partial charge in [-0.3, -0.25) is 4.79 Å². The summed E-state index contributed by atoms with van der Waals surface area (Å²) in [6, 6.07) is -0.462. The number of piperidine rings is 1. The molecule has 0 aromatic heterocycles. The maximum Gasteiger partial charge on any atom is 0.308 e. The first-order valence-electron chi connectivity index (χ1n) is 5.73. The van der Waals surface area contributed by atoms with Crippen molar-refractivity contribution < 1.29 is 18.3 Å². The summed E-state index contributed by atoms with van der Waals surface area (Å²) in [5, 5.41) is 9.03. The van der Waals surface area contributed by atoms with Crippen LogP contribution in [0.3, 0.4) is 0 Å². The smallest absolute Gasteiger partial charge is 0.308 e. The van der Waals surface area contributed by atoms with Gasteiger partial charge in [-0.2, -0.15) is 4.31 Å². The number of hydrogen-bond acceptors (Lipinski definition) is 3. The second-order valence-electron chi connectivity index (χ2n) is 4.33. The lowest BCUT2D eigenvalue weighted by Crippen LogP contribution is -2.49. The third-order valence-electron chi connectivity index (χ3n) is 3.18. The number of carbonyl (C=O) groups is 1. The molecule has 1 aliphatic rings. The van der Waals surface area contributed by atoms with E-state index >= 15 is 0 Å². The molecule has 6 heteroatoms. The molecule has 5 nitrogen and oxygen atoms in total. The minimum absolute atomic E-state index is 0.00712. The Labute approximate surface area is 102 Å². The van der Waals surface area contributed by atoms with E-state index in [1.165, 1.54) is 4.31 Å². The Morgan fingerprint density at radius 2 is 2.24 bits per heavy atom. The summed E-state index contributed by atoms with van der Waals surface area (Å²) in [7, 11) is -3.36. The molecule has 0 spiro atoms. The molecular weight excluding hydrogens is 242 g/mol. The van der Waals surface area contributed by atoms with Gasteiger partial charge in [-0.1, -0.05) is 6.08 Å². The molecule has 1 heterocycles. The van der Waals surface area contributed by atoms with Crippen molar-refractivity contribution >= 4 is 16.0 Å². The highest BCUT2D eigenvalue weighted by Gasteiger charge is 2.38. The summed E-state index contributed by atoms with van der Waals surface area (Å²) in [6.45, 7) is 5.59. The summed E-state index contributed by atoms with van der Waals surface area (Å²) in [5.41, 5.74) is 0. The molecule has 0 unspecified atom stereocenters. The number of carboxylic acids is 1. The van der Waals surface area contributed by atoms with Gasteiger partial charge in [0.15, 0.2) is 0 Å². The zero-order valence-corrected chi connectivity index (χ0v) is 10.8. The van der Waals surface area contributed by atoms with Crippen molar-refractivity contribution in [2.24, 2.45) is 5.92 Å². The van der Waals surface area contributed by atoms with Gasteiger partial charge < -0.3 is 5.11 Å². The van der Waals surface area contributed by atoms with Crippen LogP contribution in [-0.2, 0) is 14.8 Å². The Morgan fingerprint density at radius 1 is 1.59 bits per heavy atom. The number of nitrogens with zero attached hydrogens (tertiary/aromatic N) is 1. The van der Waals surface area contributed by atoms with Crippen LogP contribution < -0.4 is 0 Å². The summed E-state index contributed by atoms with van der Waals surface area (Å²) < 4.78 is 25.3. The SMILES string of the molecule is C=CCCS(=O)(=O)N1CCC[C@@H](C(=O)O)[C@H]1C. The van der Waals surface area contributed by atoms with Crippen LogP contribution in [0.5, 0.6) is 0 Å². The Kier molecular flexibility index (Phi) is 4.70. The molecule has 0 aliphatic carbocycles. The Morgan fingerprint density at radius 3 is 2.76 bits per heavy atom. The number of carboxylic acid groups (broad SMARTS) is 1. The Bertz CT molecular complexity index is 390. The van der Waals surface area contributed by atoms with Crippen LogP contribution in [0.1, 0.15) is 26.2 Å². The predicted octanol–water partition coefficient (Wildman–Crippen LogP) is 1.08. The van der Waals surface area contributed by atoms with E-state index in [-0.39, 0.29) is 5.75 Å². The van der Waals surface area contributed by atoms with E-state index in [2.05, 4.69) is 6.58 Å². The van der Waals surface area contributed by atoms with Crippen molar-refractivity contribution in [1.29, 1.82) is 0 Å². The summed E-state index contributed by atoms with van der Waals surface area (Å²) in [5.74, 6) is -1.50. The van der Waals surface area contributed by atoms with Gasteiger partial charge in [0.2, 0.25) is 10.0 Å². The van der Waals surface area contributed by atoms with E-state index in [0.717, 1.165) is 0 Å². The molecule has 17 heavy (non-hydrogen) atoms. The molecule has 1 N–H and O–H groups in total. The molecule has 0 aromatic carbocycles. The van der Waals surface area contributed by atoms with E-state index in [1.807, 2.05) is 0 Å². The number of sulfonamides is 1. The summed E-state index contributed by atoms with van der Waals surface area (Å²) >= 11 is 0. The summed E-state index contributed by atoms with van der Waals surface area (Å²) in [4.78, 5) is 11.0. The third-order valence-corrected chi connectivity index (χ3v) is 5.17. The van der Waals surface area contributed by atoms with Gasteiger partial charge in [-0.05, 0) is 26.2 Å². The Balaban J connectivity index is 2.82. The first kappa shape index (κ1) is 14.2. The molecule has 98 valence electrons. The van der Waals surface area contributed by atoms with E-state index < -0.39 is 28.0 Å². The van der Waals surface area contributed by atoms with Gasteiger partial charge in [0, 0.05) is 12.6 Å². The van der Waals surface area contributed by atoms with E-state index in [4.69, 9.17) is 5.11 Å². The summed E-state index contributed by atoms with van der Waals surface area (Å²) in [6.07, 6.45) is 3.10. The fourth-order valence-electron chi connectivity index (χ4n) is 2.18. The van der Waals surface area contributed by atoms with Crippen LogP contribution in [0, 0.1) is 5.92 Å². The van der Waals surface area contributed by atoms with E-state index in [1.54, 1.807) is 13.0 Å². The normalized spacial score (nSPS) is 26.6. The molecule has 1 rings (SSSR count). The van der Waals surface area contributed by atoms with Crippen LogP contribution in [0.25, 0.3) is 0 Å². The maximum atomic E-state index is 12.0. The maximum absolute atomic E-state index is 12.0. The van der Waals surface area contributed by atoms with E-state index in [9.17, 15) is 13.2 Å². The monoisotopic (exact) mass is 261 g/mol. The van der Waals surface area contributed by atoms with Crippen LogP contribution in [0.4, 0.5) is 0 Å². The average molecular weight is 261 g/mol. The molecule has 1 aliphatic heterocycles. The highest BCUT2D eigenvalue weighted by molar-refractivity contribution is 7.89. The van der Waals surface area contributed by atoms with Gasteiger partial charge >= 0.3 is 5.97 Å². The molecule has 0 bridgehead atoms. The highest BCUT2D eigenvalue weighted by atomic mass is 32.2. The van der Waals surface area contributed by atoms with Gasteiger partial charge in [0.1, 0.15) is 0 Å².